The summed E-state index contributed by atoms with van der Waals surface area (Å²) in [6.45, 7) is 2.17. The fraction of sp³-hybridized carbons (Fsp3) is 0.200. The predicted octanol–water partition coefficient (Wildman–Crippen LogP) is 4.61. The predicted molar refractivity (Wildman–Crippen MR) is 121 cm³/mol. The van der Waals surface area contributed by atoms with E-state index < -0.39 is 0 Å². The summed E-state index contributed by atoms with van der Waals surface area (Å²) in [5.74, 6) is 0.472. The summed E-state index contributed by atoms with van der Waals surface area (Å²) in [6, 6.07) is 20.9. The minimum atomic E-state index is -0.280. The number of carbonyl (C=O) groups excluding carboxylic acids is 2. The largest absolute Gasteiger partial charge is 0.493 e. The van der Waals surface area contributed by atoms with E-state index in [0.29, 0.717) is 17.1 Å². The molecule has 158 valence electrons. The van der Waals surface area contributed by atoms with E-state index in [4.69, 9.17) is 9.47 Å². The number of fused-ring (bicyclic) bond motifs is 1. The van der Waals surface area contributed by atoms with Crippen LogP contribution in [0.2, 0.25) is 0 Å². The first-order chi connectivity index (χ1) is 15.1. The maximum absolute atomic E-state index is 12.6. The van der Waals surface area contributed by atoms with Crippen molar-refractivity contribution in [2.24, 2.45) is 0 Å². The molecule has 3 aromatic carbocycles. The van der Waals surface area contributed by atoms with E-state index >= 15 is 0 Å². The van der Waals surface area contributed by atoms with Crippen molar-refractivity contribution in [3.8, 4) is 11.5 Å². The Morgan fingerprint density at radius 1 is 0.968 bits per heavy atom. The summed E-state index contributed by atoms with van der Waals surface area (Å²) < 4.78 is 10.9. The molecule has 6 nitrogen and oxygen atoms in total. The summed E-state index contributed by atoms with van der Waals surface area (Å²) in [7, 11) is 1.50. The van der Waals surface area contributed by atoms with E-state index in [9.17, 15) is 9.59 Å². The number of ether oxygens (including phenoxy) is 2. The van der Waals surface area contributed by atoms with Crippen molar-refractivity contribution in [3.63, 3.8) is 0 Å². The van der Waals surface area contributed by atoms with Crippen LogP contribution in [-0.4, -0.2) is 32.0 Å². The zero-order valence-electron chi connectivity index (χ0n) is 17.6. The number of rotatable bonds is 7. The van der Waals surface area contributed by atoms with Crippen molar-refractivity contribution in [1.29, 1.82) is 0 Å². The second-order valence-corrected chi connectivity index (χ2v) is 7.31. The van der Waals surface area contributed by atoms with Crippen LogP contribution in [0.5, 0.6) is 11.5 Å². The molecule has 1 aliphatic heterocycles. The lowest BCUT2D eigenvalue weighted by molar-refractivity contribution is -0.118. The molecular weight excluding hydrogens is 392 g/mol. The van der Waals surface area contributed by atoms with Crippen molar-refractivity contribution in [1.82, 2.24) is 0 Å². The number of nitrogens with zero attached hydrogens (tertiary/aromatic N) is 1. The minimum Gasteiger partial charge on any atom is -0.493 e. The van der Waals surface area contributed by atoms with Gasteiger partial charge in [0, 0.05) is 17.8 Å². The SMILES string of the molecule is COc1cc(C(C)=O)ccc1OCC(=O)Nc1ccccc1N1CCc2ccccc21. The monoisotopic (exact) mass is 416 g/mol. The van der Waals surface area contributed by atoms with Crippen LogP contribution in [0.1, 0.15) is 22.8 Å². The van der Waals surface area contributed by atoms with E-state index in [0.717, 1.165) is 30.0 Å². The number of benzene rings is 3. The van der Waals surface area contributed by atoms with E-state index in [2.05, 4.69) is 22.3 Å². The van der Waals surface area contributed by atoms with Crippen LogP contribution >= 0.6 is 0 Å². The topological polar surface area (TPSA) is 67.9 Å². The first kappa shape index (κ1) is 20.5. The fourth-order valence-corrected chi connectivity index (χ4v) is 3.74. The highest BCUT2D eigenvalue weighted by Gasteiger charge is 2.22. The van der Waals surface area contributed by atoms with Crippen LogP contribution in [0.15, 0.2) is 66.7 Å². The maximum Gasteiger partial charge on any atom is 0.262 e. The number of carbonyl (C=O) groups is 2. The lowest BCUT2D eigenvalue weighted by Crippen LogP contribution is -2.22. The van der Waals surface area contributed by atoms with Gasteiger partial charge in [-0.05, 0) is 55.3 Å². The molecule has 0 fully saturated rings. The van der Waals surface area contributed by atoms with Crippen molar-refractivity contribution >= 4 is 28.8 Å². The van der Waals surface area contributed by atoms with Crippen molar-refractivity contribution in [3.05, 3.63) is 77.9 Å². The summed E-state index contributed by atoms with van der Waals surface area (Å²) in [5, 5.41) is 2.96. The second-order valence-electron chi connectivity index (χ2n) is 7.31. The molecule has 4 rings (SSSR count). The standard InChI is InChI=1S/C25H24N2O4/c1-17(28)19-11-12-23(24(15-19)30-2)31-16-25(29)26-20-8-4-6-10-22(20)27-14-13-18-7-3-5-9-21(18)27/h3-12,15H,13-14,16H2,1-2H3,(H,26,29). The number of para-hydroxylation sites is 3. The summed E-state index contributed by atoms with van der Waals surface area (Å²) in [4.78, 5) is 26.4. The molecular formula is C25H24N2O4. The number of anilines is 3. The van der Waals surface area contributed by atoms with Gasteiger partial charge in [-0.2, -0.15) is 0 Å². The Morgan fingerprint density at radius 3 is 2.48 bits per heavy atom. The molecule has 0 bridgehead atoms. The fourth-order valence-electron chi connectivity index (χ4n) is 3.74. The molecule has 0 aromatic heterocycles. The Bertz CT molecular complexity index is 1130. The third-order valence-electron chi connectivity index (χ3n) is 5.29. The highest BCUT2D eigenvalue weighted by molar-refractivity contribution is 5.97. The Kier molecular flexibility index (Phi) is 5.89. The van der Waals surface area contributed by atoms with Crippen molar-refractivity contribution in [2.75, 3.05) is 30.5 Å². The highest BCUT2D eigenvalue weighted by Crippen LogP contribution is 2.38. The molecule has 1 heterocycles. The zero-order chi connectivity index (χ0) is 21.8. The number of methoxy groups -OCH3 is 1. The molecule has 1 amide bonds. The first-order valence-corrected chi connectivity index (χ1v) is 10.1. The summed E-state index contributed by atoms with van der Waals surface area (Å²) >= 11 is 0. The third-order valence-corrected chi connectivity index (χ3v) is 5.29. The normalized spacial score (nSPS) is 12.3. The maximum atomic E-state index is 12.6. The van der Waals surface area contributed by atoms with Gasteiger partial charge in [-0.3, -0.25) is 9.59 Å². The average molecular weight is 416 g/mol. The first-order valence-electron chi connectivity index (χ1n) is 10.1. The number of ketones is 1. The van der Waals surface area contributed by atoms with Crippen molar-refractivity contribution in [2.45, 2.75) is 13.3 Å². The van der Waals surface area contributed by atoms with Gasteiger partial charge in [0.25, 0.3) is 5.91 Å². The summed E-state index contributed by atoms with van der Waals surface area (Å²) in [5.41, 5.74) is 4.66. The molecule has 6 heteroatoms. The van der Waals surface area contributed by atoms with Crippen LogP contribution in [0, 0.1) is 0 Å². The van der Waals surface area contributed by atoms with Crippen LogP contribution in [-0.2, 0) is 11.2 Å². The van der Waals surface area contributed by atoms with E-state index in [1.165, 1.54) is 19.6 Å². The Hall–Kier alpha value is -3.80. The number of nitrogens with one attached hydrogen (secondary N) is 1. The number of hydrogen-bond acceptors (Lipinski definition) is 5. The van der Waals surface area contributed by atoms with Crippen molar-refractivity contribution < 1.29 is 19.1 Å². The molecule has 3 aromatic rings. The Morgan fingerprint density at radius 2 is 1.71 bits per heavy atom. The quantitative estimate of drug-likeness (QED) is 0.570. The van der Waals surface area contributed by atoms with Gasteiger partial charge in [-0.1, -0.05) is 30.3 Å². The molecule has 0 unspecified atom stereocenters. The number of hydrogen-bond donors (Lipinski definition) is 1. The smallest absolute Gasteiger partial charge is 0.262 e. The molecule has 0 spiro atoms. The van der Waals surface area contributed by atoms with E-state index in [1.54, 1.807) is 18.2 Å². The minimum absolute atomic E-state index is 0.0670. The van der Waals surface area contributed by atoms with Gasteiger partial charge in [-0.15, -0.1) is 0 Å². The van der Waals surface area contributed by atoms with Gasteiger partial charge in [0.15, 0.2) is 23.9 Å². The van der Waals surface area contributed by atoms with Gasteiger partial charge in [0.2, 0.25) is 0 Å². The lowest BCUT2D eigenvalue weighted by atomic mass is 10.1. The van der Waals surface area contributed by atoms with Crippen LogP contribution < -0.4 is 19.7 Å². The average Bonchev–Trinajstić information content (AvgIpc) is 3.22. The van der Waals surface area contributed by atoms with Gasteiger partial charge in [-0.25, -0.2) is 0 Å². The molecule has 0 radical (unpaired) electrons. The van der Waals surface area contributed by atoms with Gasteiger partial charge >= 0.3 is 0 Å². The molecule has 0 saturated heterocycles. The molecule has 31 heavy (non-hydrogen) atoms. The second kappa shape index (κ2) is 8.92. The van der Waals surface area contributed by atoms with E-state index in [1.807, 2.05) is 36.4 Å². The molecule has 1 aliphatic rings. The van der Waals surface area contributed by atoms with Gasteiger partial charge < -0.3 is 19.7 Å². The van der Waals surface area contributed by atoms with Gasteiger partial charge in [0.05, 0.1) is 18.5 Å². The van der Waals surface area contributed by atoms with Crippen LogP contribution in [0.25, 0.3) is 0 Å². The van der Waals surface area contributed by atoms with Crippen LogP contribution in [0.3, 0.4) is 0 Å². The molecule has 0 atom stereocenters. The molecule has 0 saturated carbocycles. The molecule has 0 aliphatic carbocycles. The number of amides is 1. The third kappa shape index (κ3) is 4.38. The highest BCUT2D eigenvalue weighted by atomic mass is 16.5. The van der Waals surface area contributed by atoms with Gasteiger partial charge in [0.1, 0.15) is 0 Å². The van der Waals surface area contributed by atoms with Crippen LogP contribution in [0.4, 0.5) is 17.1 Å². The zero-order valence-corrected chi connectivity index (χ0v) is 17.6. The molecule has 1 N–H and O–H groups in total. The lowest BCUT2D eigenvalue weighted by Gasteiger charge is -2.23. The Labute approximate surface area is 181 Å². The van der Waals surface area contributed by atoms with E-state index in [-0.39, 0.29) is 18.3 Å². The summed E-state index contributed by atoms with van der Waals surface area (Å²) in [6.07, 6.45) is 0.970. The Balaban J connectivity index is 1.47. The number of Topliss-reactive ketones (excluding diaryl/α,β-unsaturated/α-hetero) is 1.